The van der Waals surface area contributed by atoms with Crippen LogP contribution in [0.5, 0.6) is 5.75 Å². The number of hydrogen-bond acceptors (Lipinski definition) is 4. The Bertz CT molecular complexity index is 580. The van der Waals surface area contributed by atoms with E-state index in [1.165, 1.54) is 6.21 Å². The van der Waals surface area contributed by atoms with Gasteiger partial charge in [-0.2, -0.15) is 5.10 Å². The Morgan fingerprint density at radius 3 is 3.10 bits per heavy atom. The number of imidazole rings is 1. The summed E-state index contributed by atoms with van der Waals surface area (Å²) in [5.74, 6) is 0.683. The standard InChI is InChI=1S/C13H15N5O2/c14-13(19)17-16-9-11-3-1-2-4-12(11)20-8-7-18-6-5-15-10-18/h1-6,9-10H,7-8H2,(H3,14,17,19). The smallest absolute Gasteiger partial charge is 0.332 e. The van der Waals surface area contributed by atoms with Gasteiger partial charge in [0.25, 0.3) is 0 Å². The van der Waals surface area contributed by atoms with Crippen molar-refractivity contribution in [3.8, 4) is 5.75 Å². The van der Waals surface area contributed by atoms with E-state index in [0.717, 1.165) is 5.56 Å². The predicted molar refractivity (Wildman–Crippen MR) is 74.5 cm³/mol. The molecule has 0 fully saturated rings. The molecule has 0 aliphatic carbocycles. The van der Waals surface area contributed by atoms with Gasteiger partial charge in [0.15, 0.2) is 0 Å². The molecule has 20 heavy (non-hydrogen) atoms. The van der Waals surface area contributed by atoms with Crippen molar-refractivity contribution in [3.63, 3.8) is 0 Å². The number of aromatic nitrogens is 2. The molecule has 0 unspecified atom stereocenters. The maximum Gasteiger partial charge on any atom is 0.332 e. The van der Waals surface area contributed by atoms with Gasteiger partial charge in [0.2, 0.25) is 0 Å². The number of benzene rings is 1. The van der Waals surface area contributed by atoms with Crippen molar-refractivity contribution in [2.24, 2.45) is 10.8 Å². The quantitative estimate of drug-likeness (QED) is 0.606. The number of carbonyl (C=O) groups excluding carboxylic acids is 1. The summed E-state index contributed by atoms with van der Waals surface area (Å²) in [6.45, 7) is 1.20. The van der Waals surface area contributed by atoms with Crippen molar-refractivity contribution in [1.29, 1.82) is 0 Å². The molecule has 1 heterocycles. The fraction of sp³-hybridized carbons (Fsp3) is 0.154. The van der Waals surface area contributed by atoms with Crippen molar-refractivity contribution in [2.45, 2.75) is 6.54 Å². The molecule has 0 spiro atoms. The van der Waals surface area contributed by atoms with Crippen LogP contribution < -0.4 is 15.9 Å². The first-order valence-corrected chi connectivity index (χ1v) is 6.02. The monoisotopic (exact) mass is 273 g/mol. The van der Waals surface area contributed by atoms with E-state index in [-0.39, 0.29) is 0 Å². The van der Waals surface area contributed by atoms with E-state index in [4.69, 9.17) is 10.5 Å². The molecule has 7 heteroatoms. The van der Waals surface area contributed by atoms with Gasteiger partial charge in [-0.15, -0.1) is 0 Å². The van der Waals surface area contributed by atoms with Crippen LogP contribution in [0.4, 0.5) is 4.79 Å². The normalized spacial score (nSPS) is 10.6. The number of hydrogen-bond donors (Lipinski definition) is 2. The molecule has 0 bridgehead atoms. The Morgan fingerprint density at radius 2 is 2.35 bits per heavy atom. The number of carbonyl (C=O) groups is 1. The van der Waals surface area contributed by atoms with Gasteiger partial charge < -0.3 is 15.0 Å². The summed E-state index contributed by atoms with van der Waals surface area (Å²) in [7, 11) is 0. The van der Waals surface area contributed by atoms with Crippen LogP contribution in [0, 0.1) is 0 Å². The zero-order valence-electron chi connectivity index (χ0n) is 10.8. The number of nitrogens with two attached hydrogens (primary N) is 1. The third-order valence-corrected chi connectivity index (χ3v) is 2.46. The Morgan fingerprint density at radius 1 is 1.50 bits per heavy atom. The molecule has 0 radical (unpaired) electrons. The minimum absolute atomic E-state index is 0.504. The minimum Gasteiger partial charge on any atom is -0.491 e. The van der Waals surface area contributed by atoms with Gasteiger partial charge in [-0.25, -0.2) is 15.2 Å². The molecule has 0 saturated carbocycles. The number of urea groups is 1. The summed E-state index contributed by atoms with van der Waals surface area (Å²) in [5.41, 5.74) is 7.82. The molecule has 2 amide bonds. The highest BCUT2D eigenvalue weighted by Gasteiger charge is 2.00. The van der Waals surface area contributed by atoms with Gasteiger partial charge in [-0.05, 0) is 12.1 Å². The van der Waals surface area contributed by atoms with Crippen LogP contribution in [0.3, 0.4) is 0 Å². The average Bonchev–Trinajstić information content (AvgIpc) is 2.93. The summed E-state index contributed by atoms with van der Waals surface area (Å²) in [6.07, 6.45) is 6.80. The molecule has 0 aliphatic rings. The van der Waals surface area contributed by atoms with Crippen LogP contribution >= 0.6 is 0 Å². The largest absolute Gasteiger partial charge is 0.491 e. The second-order valence-corrected chi connectivity index (χ2v) is 3.92. The lowest BCUT2D eigenvalue weighted by Gasteiger charge is -2.09. The maximum atomic E-state index is 10.5. The van der Waals surface area contributed by atoms with E-state index in [1.54, 1.807) is 12.5 Å². The molecule has 0 aliphatic heterocycles. The van der Waals surface area contributed by atoms with Gasteiger partial charge in [-0.1, -0.05) is 12.1 Å². The Hall–Kier alpha value is -2.83. The van der Waals surface area contributed by atoms with Crippen molar-refractivity contribution in [1.82, 2.24) is 15.0 Å². The summed E-state index contributed by atoms with van der Waals surface area (Å²) in [4.78, 5) is 14.5. The van der Waals surface area contributed by atoms with Gasteiger partial charge >= 0.3 is 6.03 Å². The van der Waals surface area contributed by atoms with Crippen LogP contribution in [-0.4, -0.2) is 28.4 Å². The SMILES string of the molecule is NC(=O)NN=Cc1ccccc1OCCn1ccnc1. The van der Waals surface area contributed by atoms with Crippen LogP contribution in [0.15, 0.2) is 48.1 Å². The second kappa shape index (κ2) is 6.93. The first-order valence-electron chi connectivity index (χ1n) is 6.02. The molecule has 2 aromatic rings. The number of amides is 2. The van der Waals surface area contributed by atoms with Crippen LogP contribution in [0.1, 0.15) is 5.56 Å². The number of ether oxygens (including phenoxy) is 1. The maximum absolute atomic E-state index is 10.5. The number of hydrazone groups is 1. The highest BCUT2D eigenvalue weighted by atomic mass is 16.5. The summed E-state index contributed by atoms with van der Waals surface area (Å²) in [6, 6.07) is 6.68. The van der Waals surface area contributed by atoms with Crippen LogP contribution in [-0.2, 0) is 6.54 Å². The highest BCUT2D eigenvalue weighted by molar-refractivity contribution is 5.84. The number of nitrogens with zero attached hydrogens (tertiary/aromatic N) is 3. The average molecular weight is 273 g/mol. The molecular formula is C13H15N5O2. The zero-order valence-corrected chi connectivity index (χ0v) is 10.8. The number of rotatable bonds is 6. The fourth-order valence-corrected chi connectivity index (χ4v) is 1.56. The first kappa shape index (κ1) is 13.6. The van der Waals surface area contributed by atoms with Gasteiger partial charge in [-0.3, -0.25) is 0 Å². The Labute approximate surface area is 116 Å². The molecule has 104 valence electrons. The second-order valence-electron chi connectivity index (χ2n) is 3.92. The lowest BCUT2D eigenvalue weighted by Crippen LogP contribution is -2.24. The predicted octanol–water partition coefficient (Wildman–Crippen LogP) is 0.964. The van der Waals surface area contributed by atoms with Gasteiger partial charge in [0.05, 0.1) is 19.1 Å². The molecule has 7 nitrogen and oxygen atoms in total. The third-order valence-electron chi connectivity index (χ3n) is 2.46. The van der Waals surface area contributed by atoms with E-state index in [1.807, 2.05) is 35.0 Å². The van der Waals surface area contributed by atoms with Crippen LogP contribution in [0.2, 0.25) is 0 Å². The van der Waals surface area contributed by atoms with Gasteiger partial charge in [0.1, 0.15) is 12.4 Å². The van der Waals surface area contributed by atoms with E-state index < -0.39 is 6.03 Å². The fourth-order valence-electron chi connectivity index (χ4n) is 1.56. The van der Waals surface area contributed by atoms with Crippen molar-refractivity contribution >= 4 is 12.2 Å². The number of primary amides is 1. The van der Waals surface area contributed by atoms with E-state index in [9.17, 15) is 4.79 Å². The lowest BCUT2D eigenvalue weighted by atomic mass is 10.2. The summed E-state index contributed by atoms with van der Waals surface area (Å²) < 4.78 is 7.61. The Kier molecular flexibility index (Phi) is 4.71. The lowest BCUT2D eigenvalue weighted by molar-refractivity contribution is 0.249. The minimum atomic E-state index is -0.709. The van der Waals surface area contributed by atoms with E-state index >= 15 is 0 Å². The molecule has 2 rings (SSSR count). The molecule has 3 N–H and O–H groups in total. The summed E-state index contributed by atoms with van der Waals surface area (Å²) >= 11 is 0. The van der Waals surface area contributed by atoms with Crippen molar-refractivity contribution in [3.05, 3.63) is 48.5 Å². The van der Waals surface area contributed by atoms with Crippen LogP contribution in [0.25, 0.3) is 0 Å². The molecule has 0 atom stereocenters. The first-order chi connectivity index (χ1) is 9.75. The zero-order chi connectivity index (χ0) is 14.2. The molecule has 1 aromatic heterocycles. The van der Waals surface area contributed by atoms with E-state index in [2.05, 4.69) is 15.5 Å². The third kappa shape index (κ3) is 4.13. The van der Waals surface area contributed by atoms with Gasteiger partial charge in [0, 0.05) is 18.0 Å². The topological polar surface area (TPSA) is 94.5 Å². The molecule has 1 aromatic carbocycles. The van der Waals surface area contributed by atoms with E-state index in [0.29, 0.717) is 18.9 Å². The number of para-hydroxylation sites is 1. The molecular weight excluding hydrogens is 258 g/mol. The number of nitrogens with one attached hydrogen (secondary N) is 1. The molecule has 0 saturated heterocycles. The van der Waals surface area contributed by atoms with Crippen molar-refractivity contribution in [2.75, 3.05) is 6.61 Å². The van der Waals surface area contributed by atoms with Crippen molar-refractivity contribution < 1.29 is 9.53 Å². The summed E-state index contributed by atoms with van der Waals surface area (Å²) in [5, 5.41) is 3.72. The highest BCUT2D eigenvalue weighted by Crippen LogP contribution is 2.15. The Balaban J connectivity index is 1.93.